The Kier molecular flexibility index (Phi) is 5.26. The van der Waals surface area contributed by atoms with Gasteiger partial charge in [0.15, 0.2) is 0 Å². The van der Waals surface area contributed by atoms with E-state index in [9.17, 15) is 22.8 Å². The number of imide groups is 1. The molecular formula is C21H17F3N4O2S. The Morgan fingerprint density at radius 1 is 1.13 bits per heavy atom. The zero-order valence-corrected chi connectivity index (χ0v) is 17.0. The Hall–Kier alpha value is -3.27. The lowest BCUT2D eigenvalue weighted by atomic mass is 9.90. The van der Waals surface area contributed by atoms with Crippen LogP contribution in [-0.4, -0.2) is 28.5 Å². The summed E-state index contributed by atoms with van der Waals surface area (Å²) in [4.78, 5) is 30.8. The Bertz CT molecular complexity index is 1160. The van der Waals surface area contributed by atoms with Gasteiger partial charge < -0.3 is 11.1 Å². The molecule has 1 aromatic heterocycles. The highest BCUT2D eigenvalue weighted by molar-refractivity contribution is 8.00. The van der Waals surface area contributed by atoms with Gasteiger partial charge in [0, 0.05) is 28.1 Å². The number of pyridine rings is 1. The number of benzene rings is 2. The van der Waals surface area contributed by atoms with Crippen LogP contribution in [0.25, 0.3) is 10.9 Å². The van der Waals surface area contributed by atoms with Gasteiger partial charge in [0.05, 0.1) is 11.2 Å². The number of carbonyl (C=O) groups excluding carboxylic acids is 2. The van der Waals surface area contributed by atoms with E-state index in [1.54, 1.807) is 31.3 Å². The molecule has 4 rings (SSSR count). The van der Waals surface area contributed by atoms with Crippen LogP contribution in [0.1, 0.15) is 18.4 Å². The molecule has 0 spiro atoms. The normalized spacial score (nSPS) is 17.8. The summed E-state index contributed by atoms with van der Waals surface area (Å²) in [5.74, 6) is -0.912. The second kappa shape index (κ2) is 7.77. The van der Waals surface area contributed by atoms with Gasteiger partial charge in [-0.05, 0) is 59.8 Å². The third kappa shape index (κ3) is 4.02. The summed E-state index contributed by atoms with van der Waals surface area (Å²) in [7, 11) is 0. The van der Waals surface area contributed by atoms with E-state index in [-0.39, 0.29) is 22.3 Å². The zero-order chi connectivity index (χ0) is 22.3. The van der Waals surface area contributed by atoms with Crippen molar-refractivity contribution in [3.05, 3.63) is 60.3 Å². The molecule has 3 amide bonds. The number of hydrogen-bond acceptors (Lipinski definition) is 5. The molecule has 10 heteroatoms. The molecule has 160 valence electrons. The standard InChI is InChI=1S/C21H17F3N4O2S/c1-11(14-9-10-26-16-4-2-3-15(25)17(14)16)18-19(29)28(20(30)27-18)12-5-7-13(8-6-12)31-21(22,23)24/h2-11,18H,25H2,1H3,(H,27,30). The second-order valence-corrected chi connectivity index (χ2v) is 8.21. The maximum absolute atomic E-state index is 13.1. The van der Waals surface area contributed by atoms with Crippen LogP contribution in [0.15, 0.2) is 59.6 Å². The average Bonchev–Trinajstić information content (AvgIpc) is 3.01. The van der Waals surface area contributed by atoms with E-state index in [1.807, 2.05) is 6.07 Å². The molecule has 1 fully saturated rings. The maximum Gasteiger partial charge on any atom is 0.446 e. The van der Waals surface area contributed by atoms with Crippen molar-refractivity contribution >= 4 is 46.0 Å². The summed E-state index contributed by atoms with van der Waals surface area (Å²) in [6, 6.07) is 10.7. The van der Waals surface area contributed by atoms with E-state index >= 15 is 0 Å². The van der Waals surface area contributed by atoms with Gasteiger partial charge in [-0.25, -0.2) is 9.69 Å². The second-order valence-electron chi connectivity index (χ2n) is 7.07. The third-order valence-electron chi connectivity index (χ3n) is 5.12. The molecule has 2 atom stereocenters. The number of nitrogens with two attached hydrogens (primary N) is 1. The third-order valence-corrected chi connectivity index (χ3v) is 5.86. The zero-order valence-electron chi connectivity index (χ0n) is 16.2. The number of nitrogen functional groups attached to an aromatic ring is 1. The highest BCUT2D eigenvalue weighted by Gasteiger charge is 2.42. The predicted octanol–water partition coefficient (Wildman–Crippen LogP) is 4.66. The van der Waals surface area contributed by atoms with Crippen molar-refractivity contribution in [3.63, 3.8) is 0 Å². The Morgan fingerprint density at radius 3 is 2.52 bits per heavy atom. The number of fused-ring (bicyclic) bond motifs is 1. The number of aromatic nitrogens is 1. The number of anilines is 2. The molecule has 3 aromatic rings. The number of carbonyl (C=O) groups is 2. The number of urea groups is 1. The Balaban J connectivity index is 1.62. The van der Waals surface area contributed by atoms with Gasteiger partial charge in [0.25, 0.3) is 5.91 Å². The topological polar surface area (TPSA) is 88.3 Å². The largest absolute Gasteiger partial charge is 0.446 e. The molecule has 2 heterocycles. The van der Waals surface area contributed by atoms with Crippen molar-refractivity contribution in [3.8, 4) is 0 Å². The van der Waals surface area contributed by atoms with Crippen LogP contribution in [0.5, 0.6) is 0 Å². The smallest absolute Gasteiger partial charge is 0.398 e. The number of rotatable bonds is 4. The number of amides is 3. The number of nitrogens with one attached hydrogen (secondary N) is 1. The first kappa shape index (κ1) is 21.0. The van der Waals surface area contributed by atoms with Gasteiger partial charge in [-0.3, -0.25) is 9.78 Å². The molecular weight excluding hydrogens is 429 g/mol. The maximum atomic E-state index is 13.1. The number of alkyl halides is 3. The fourth-order valence-corrected chi connectivity index (χ4v) is 4.24. The highest BCUT2D eigenvalue weighted by Crippen LogP contribution is 2.38. The van der Waals surface area contributed by atoms with Crippen molar-refractivity contribution in [2.75, 3.05) is 10.6 Å². The predicted molar refractivity (Wildman–Crippen MR) is 113 cm³/mol. The molecule has 6 nitrogen and oxygen atoms in total. The minimum atomic E-state index is -4.42. The van der Waals surface area contributed by atoms with E-state index < -0.39 is 29.4 Å². The SMILES string of the molecule is CC(c1ccnc2cccc(N)c12)C1NC(=O)N(c2ccc(SC(F)(F)F)cc2)C1=O. The molecule has 1 aliphatic rings. The summed E-state index contributed by atoms with van der Waals surface area (Å²) < 4.78 is 37.6. The summed E-state index contributed by atoms with van der Waals surface area (Å²) in [5.41, 5.74) is 3.86. The average molecular weight is 446 g/mol. The fraction of sp³-hybridized carbons (Fsp3) is 0.190. The van der Waals surface area contributed by atoms with Crippen molar-refractivity contribution in [2.45, 2.75) is 29.3 Å². The van der Waals surface area contributed by atoms with Crippen LogP contribution in [0.3, 0.4) is 0 Å². The molecule has 0 bridgehead atoms. The summed E-state index contributed by atoms with van der Waals surface area (Å²) in [6.07, 6.45) is 1.61. The summed E-state index contributed by atoms with van der Waals surface area (Å²) in [6.45, 7) is 1.80. The van der Waals surface area contributed by atoms with Crippen LogP contribution < -0.4 is 16.0 Å². The van der Waals surface area contributed by atoms with Gasteiger partial charge >= 0.3 is 11.5 Å². The van der Waals surface area contributed by atoms with Crippen molar-refractivity contribution in [2.24, 2.45) is 0 Å². The first-order chi connectivity index (χ1) is 14.7. The molecule has 0 aliphatic carbocycles. The highest BCUT2D eigenvalue weighted by atomic mass is 32.2. The first-order valence-electron chi connectivity index (χ1n) is 9.29. The Morgan fingerprint density at radius 2 is 1.84 bits per heavy atom. The van der Waals surface area contributed by atoms with E-state index in [4.69, 9.17) is 5.73 Å². The van der Waals surface area contributed by atoms with Gasteiger partial charge in [0.2, 0.25) is 0 Å². The van der Waals surface area contributed by atoms with Crippen LogP contribution in [-0.2, 0) is 4.79 Å². The minimum Gasteiger partial charge on any atom is -0.398 e. The van der Waals surface area contributed by atoms with Crippen LogP contribution in [0, 0.1) is 0 Å². The Labute approximate surface area is 179 Å². The minimum absolute atomic E-state index is 0.0352. The van der Waals surface area contributed by atoms with Crippen molar-refractivity contribution in [1.82, 2.24) is 10.3 Å². The number of nitrogens with zero attached hydrogens (tertiary/aromatic N) is 2. The summed E-state index contributed by atoms with van der Waals surface area (Å²) in [5, 5.41) is 3.39. The lowest BCUT2D eigenvalue weighted by Crippen LogP contribution is -2.35. The van der Waals surface area contributed by atoms with E-state index in [0.29, 0.717) is 16.6 Å². The number of hydrogen-bond donors (Lipinski definition) is 2. The lowest BCUT2D eigenvalue weighted by Gasteiger charge is -2.20. The van der Waals surface area contributed by atoms with E-state index in [1.165, 1.54) is 24.3 Å². The molecule has 1 aliphatic heterocycles. The number of thioether (sulfide) groups is 1. The number of halogens is 3. The molecule has 3 N–H and O–H groups in total. The quantitative estimate of drug-likeness (QED) is 0.346. The van der Waals surface area contributed by atoms with Crippen LogP contribution in [0.4, 0.5) is 29.3 Å². The molecule has 0 radical (unpaired) electrons. The van der Waals surface area contributed by atoms with Gasteiger partial charge in [0.1, 0.15) is 6.04 Å². The monoisotopic (exact) mass is 446 g/mol. The summed E-state index contributed by atoms with van der Waals surface area (Å²) >= 11 is -0.263. The van der Waals surface area contributed by atoms with Crippen LogP contribution >= 0.6 is 11.8 Å². The van der Waals surface area contributed by atoms with Gasteiger partial charge in [-0.1, -0.05) is 13.0 Å². The molecule has 2 unspecified atom stereocenters. The first-order valence-corrected chi connectivity index (χ1v) is 10.1. The molecule has 1 saturated heterocycles. The van der Waals surface area contributed by atoms with Gasteiger partial charge in [-0.15, -0.1) is 0 Å². The van der Waals surface area contributed by atoms with Crippen LogP contribution in [0.2, 0.25) is 0 Å². The molecule has 0 saturated carbocycles. The molecule has 2 aromatic carbocycles. The van der Waals surface area contributed by atoms with Crippen molar-refractivity contribution in [1.29, 1.82) is 0 Å². The van der Waals surface area contributed by atoms with Gasteiger partial charge in [-0.2, -0.15) is 13.2 Å². The lowest BCUT2D eigenvalue weighted by molar-refractivity contribution is -0.118. The van der Waals surface area contributed by atoms with Crippen molar-refractivity contribution < 1.29 is 22.8 Å². The van der Waals surface area contributed by atoms with E-state index in [0.717, 1.165) is 10.5 Å². The van der Waals surface area contributed by atoms with E-state index in [2.05, 4.69) is 10.3 Å². The molecule has 31 heavy (non-hydrogen) atoms. The fourth-order valence-electron chi connectivity index (χ4n) is 3.70.